The van der Waals surface area contributed by atoms with E-state index in [0.717, 1.165) is 53.5 Å². The van der Waals surface area contributed by atoms with E-state index in [-0.39, 0.29) is 17.6 Å². The van der Waals surface area contributed by atoms with Crippen molar-refractivity contribution in [2.75, 3.05) is 0 Å². The Morgan fingerprint density at radius 1 is 1.02 bits per heavy atom. The third-order valence-corrected chi connectivity index (χ3v) is 7.98. The summed E-state index contributed by atoms with van der Waals surface area (Å²) in [4.78, 5) is 35.3. The number of carbonyl (C=O) groups excluding carboxylic acids is 1. The summed E-state index contributed by atoms with van der Waals surface area (Å²) in [6.45, 7) is 2.43. The molecule has 10 heteroatoms. The maximum absolute atomic E-state index is 13.8. The van der Waals surface area contributed by atoms with Crippen LogP contribution in [-0.4, -0.2) is 40.8 Å². The van der Waals surface area contributed by atoms with Gasteiger partial charge in [-0.2, -0.15) is 5.10 Å². The number of hydrogen-bond acceptors (Lipinski definition) is 5. The van der Waals surface area contributed by atoms with Crippen LogP contribution in [0.5, 0.6) is 0 Å². The van der Waals surface area contributed by atoms with Crippen LogP contribution in [0, 0.1) is 12.8 Å². The smallest absolute Gasteiger partial charge is 0.333 e. The van der Waals surface area contributed by atoms with E-state index < -0.39 is 0 Å². The zero-order valence-electron chi connectivity index (χ0n) is 22.4. The van der Waals surface area contributed by atoms with Gasteiger partial charge < -0.3 is 5.32 Å². The van der Waals surface area contributed by atoms with Crippen LogP contribution in [0.15, 0.2) is 72.2 Å². The maximum Gasteiger partial charge on any atom is 0.333 e. The quantitative estimate of drug-likeness (QED) is 0.320. The van der Waals surface area contributed by atoms with Crippen molar-refractivity contribution in [3.63, 3.8) is 0 Å². The number of amides is 1. The van der Waals surface area contributed by atoms with Crippen molar-refractivity contribution in [3.8, 4) is 16.8 Å². The van der Waals surface area contributed by atoms with E-state index in [9.17, 15) is 9.59 Å². The molecule has 9 nitrogen and oxygen atoms in total. The largest absolute Gasteiger partial charge is 0.349 e. The lowest BCUT2D eigenvalue weighted by molar-refractivity contribution is 0.0919. The summed E-state index contributed by atoms with van der Waals surface area (Å²) in [6.07, 6.45) is 12.3. The molecule has 4 heterocycles. The fourth-order valence-electron chi connectivity index (χ4n) is 5.66. The molecule has 0 atom stereocenters. The van der Waals surface area contributed by atoms with Crippen LogP contribution in [0.4, 0.5) is 0 Å². The molecule has 6 rings (SSSR count). The summed E-state index contributed by atoms with van der Waals surface area (Å²) in [5, 5.41) is 7.86. The molecular formula is C30H30ClN7O2. The first kappa shape index (κ1) is 26.0. The number of fused-ring (bicyclic) bond motifs is 1. The Bertz CT molecular complexity index is 1760. The zero-order chi connectivity index (χ0) is 27.8. The van der Waals surface area contributed by atoms with Gasteiger partial charge in [0.1, 0.15) is 0 Å². The van der Waals surface area contributed by atoms with E-state index in [0.29, 0.717) is 28.7 Å². The second-order valence-corrected chi connectivity index (χ2v) is 11.0. The Morgan fingerprint density at radius 2 is 1.80 bits per heavy atom. The lowest BCUT2D eigenvalue weighted by Gasteiger charge is -2.29. The molecular weight excluding hydrogens is 526 g/mol. The third kappa shape index (κ3) is 5.04. The third-order valence-electron chi connectivity index (χ3n) is 7.78. The number of aromatic nitrogens is 6. The minimum atomic E-state index is -0.141. The van der Waals surface area contributed by atoms with Crippen LogP contribution in [0.1, 0.15) is 41.7 Å². The lowest BCUT2D eigenvalue weighted by atomic mass is 9.85. The summed E-state index contributed by atoms with van der Waals surface area (Å²) in [6, 6.07) is 11.6. The Labute approximate surface area is 236 Å². The normalized spacial score (nSPS) is 17.3. The van der Waals surface area contributed by atoms with Gasteiger partial charge in [0.05, 0.1) is 45.4 Å². The van der Waals surface area contributed by atoms with Crippen LogP contribution < -0.4 is 11.0 Å². The van der Waals surface area contributed by atoms with Crippen molar-refractivity contribution in [1.29, 1.82) is 0 Å². The van der Waals surface area contributed by atoms with Crippen molar-refractivity contribution >= 4 is 28.5 Å². The molecule has 1 fully saturated rings. The summed E-state index contributed by atoms with van der Waals surface area (Å²) in [5.41, 5.74) is 5.41. The highest BCUT2D eigenvalue weighted by atomic mass is 35.5. The van der Waals surface area contributed by atoms with E-state index >= 15 is 0 Å². The van der Waals surface area contributed by atoms with Gasteiger partial charge in [0.2, 0.25) is 0 Å². The van der Waals surface area contributed by atoms with E-state index in [4.69, 9.17) is 11.6 Å². The van der Waals surface area contributed by atoms with Crippen LogP contribution in [-0.2, 0) is 13.6 Å². The molecule has 5 aromatic rings. The van der Waals surface area contributed by atoms with Gasteiger partial charge in [0.15, 0.2) is 0 Å². The molecule has 0 saturated heterocycles. The molecule has 0 spiro atoms. The predicted molar refractivity (Wildman–Crippen MR) is 155 cm³/mol. The molecule has 0 radical (unpaired) electrons. The highest BCUT2D eigenvalue weighted by Crippen LogP contribution is 2.28. The molecule has 1 aromatic carbocycles. The summed E-state index contributed by atoms with van der Waals surface area (Å²) < 4.78 is 5.38. The maximum atomic E-state index is 13.8. The fraction of sp³-hybridized carbons (Fsp3) is 0.300. The van der Waals surface area contributed by atoms with Crippen molar-refractivity contribution in [2.45, 2.75) is 45.2 Å². The van der Waals surface area contributed by atoms with Gasteiger partial charge in [-0.15, -0.1) is 0 Å². The minimum Gasteiger partial charge on any atom is -0.349 e. The second-order valence-electron chi connectivity index (χ2n) is 10.5. The van der Waals surface area contributed by atoms with Gasteiger partial charge in [-0.05, 0) is 62.8 Å². The fourth-order valence-corrected chi connectivity index (χ4v) is 5.82. The molecule has 1 saturated carbocycles. The SMILES string of the molecule is Cc1ncc(Cl)cc1C(=O)NC1CCC(Cn2c(=O)n(-c3cncc(-c4cnn(C)c4)c3)c3ccccc32)CC1. The molecule has 1 aliphatic carbocycles. The molecule has 4 aromatic heterocycles. The second kappa shape index (κ2) is 10.7. The Morgan fingerprint density at radius 3 is 2.55 bits per heavy atom. The number of rotatable bonds is 6. The first-order valence-electron chi connectivity index (χ1n) is 13.4. The van der Waals surface area contributed by atoms with E-state index in [1.807, 2.05) is 55.1 Å². The Kier molecular flexibility index (Phi) is 6.98. The van der Waals surface area contributed by atoms with Gasteiger partial charge in [-0.25, -0.2) is 4.79 Å². The number of carbonyl (C=O) groups is 1. The monoisotopic (exact) mass is 555 g/mol. The van der Waals surface area contributed by atoms with E-state index in [1.165, 1.54) is 0 Å². The van der Waals surface area contributed by atoms with Crippen molar-refractivity contribution in [3.05, 3.63) is 94.1 Å². The molecule has 1 amide bonds. The molecule has 40 heavy (non-hydrogen) atoms. The van der Waals surface area contributed by atoms with Crippen LogP contribution in [0.3, 0.4) is 0 Å². The minimum absolute atomic E-state index is 0.0781. The van der Waals surface area contributed by atoms with Crippen LogP contribution in [0.25, 0.3) is 27.8 Å². The highest BCUT2D eigenvalue weighted by Gasteiger charge is 2.26. The van der Waals surface area contributed by atoms with Crippen LogP contribution in [0.2, 0.25) is 5.02 Å². The number of benzene rings is 1. The van der Waals surface area contributed by atoms with E-state index in [1.54, 1.807) is 40.1 Å². The van der Waals surface area contributed by atoms with Crippen molar-refractivity contribution < 1.29 is 4.79 Å². The number of aryl methyl sites for hydroxylation is 2. The van der Waals surface area contributed by atoms with Gasteiger partial charge in [-0.1, -0.05) is 23.7 Å². The number of imidazole rings is 1. The van der Waals surface area contributed by atoms with Gasteiger partial charge in [0.25, 0.3) is 5.91 Å². The molecule has 0 unspecified atom stereocenters. The van der Waals surface area contributed by atoms with Gasteiger partial charge in [-0.3, -0.25) is 28.6 Å². The summed E-state index contributed by atoms with van der Waals surface area (Å²) in [5.74, 6) is 0.192. The molecule has 0 bridgehead atoms. The first-order valence-corrected chi connectivity index (χ1v) is 13.8. The number of pyridine rings is 2. The molecule has 1 N–H and O–H groups in total. The summed E-state index contributed by atoms with van der Waals surface area (Å²) in [7, 11) is 1.87. The van der Waals surface area contributed by atoms with E-state index in [2.05, 4.69) is 20.4 Å². The number of nitrogens with one attached hydrogen (secondary N) is 1. The predicted octanol–water partition coefficient (Wildman–Crippen LogP) is 4.93. The first-order chi connectivity index (χ1) is 19.4. The average molecular weight is 556 g/mol. The zero-order valence-corrected chi connectivity index (χ0v) is 23.2. The molecule has 204 valence electrons. The standard InChI is InChI=1S/C30H30ClN7O2/c1-19-26(12-23(31)15-33-19)29(39)35-24-9-7-20(8-10-24)17-37-27-5-3-4-6-28(27)38(30(37)40)25-11-21(13-32-16-25)22-14-34-36(2)18-22/h3-6,11-16,18,20,24H,7-10,17H2,1-2H3,(H,35,39). The van der Waals surface area contributed by atoms with Gasteiger partial charge >= 0.3 is 5.69 Å². The summed E-state index contributed by atoms with van der Waals surface area (Å²) >= 11 is 6.05. The highest BCUT2D eigenvalue weighted by molar-refractivity contribution is 6.30. The molecule has 0 aliphatic heterocycles. The Hall–Kier alpha value is -4.24. The number of nitrogens with zero attached hydrogens (tertiary/aromatic N) is 6. The molecule has 1 aliphatic rings. The lowest BCUT2D eigenvalue weighted by Crippen LogP contribution is -2.39. The topological polar surface area (TPSA) is 99.6 Å². The van der Waals surface area contributed by atoms with Gasteiger partial charge in [0, 0.05) is 49.4 Å². The average Bonchev–Trinajstić information content (AvgIpc) is 3.52. The van der Waals surface area contributed by atoms with Crippen molar-refractivity contribution in [1.82, 2.24) is 34.2 Å². The van der Waals surface area contributed by atoms with Crippen molar-refractivity contribution in [2.24, 2.45) is 13.0 Å². The number of halogens is 1. The number of para-hydroxylation sites is 2. The number of hydrogen-bond donors (Lipinski definition) is 1. The van der Waals surface area contributed by atoms with Crippen LogP contribution >= 0.6 is 11.6 Å². The Balaban J connectivity index is 1.20.